The average molecular weight is 420 g/mol. The zero-order valence-electron chi connectivity index (χ0n) is 14.6. The van der Waals surface area contributed by atoms with E-state index < -0.39 is 0 Å². The van der Waals surface area contributed by atoms with Crippen LogP contribution in [0.3, 0.4) is 0 Å². The third-order valence-corrected chi connectivity index (χ3v) is 3.55. The second-order valence-corrected chi connectivity index (χ2v) is 7.98. The number of hydrogen-bond donors (Lipinski definition) is 0. The van der Waals surface area contributed by atoms with Gasteiger partial charge >= 0.3 is 19.5 Å². The first-order valence-electron chi connectivity index (χ1n) is 6.95. The van der Waals surface area contributed by atoms with Crippen LogP contribution in [0.2, 0.25) is 0 Å². The molecule has 0 saturated heterocycles. The Labute approximate surface area is 166 Å². The molecule has 0 atom stereocenters. The van der Waals surface area contributed by atoms with Crippen molar-refractivity contribution in [2.75, 3.05) is 0 Å². The van der Waals surface area contributed by atoms with Gasteiger partial charge in [0.05, 0.1) is 0 Å². The summed E-state index contributed by atoms with van der Waals surface area (Å²) in [5, 5.41) is 0. The van der Waals surface area contributed by atoms with Gasteiger partial charge in [0, 0.05) is 24.2 Å². The maximum atomic E-state index is 4.96. The first-order chi connectivity index (χ1) is 8.93. The van der Waals surface area contributed by atoms with Gasteiger partial charge in [0.15, 0.2) is 0 Å². The number of rotatable bonds is 4. The van der Waals surface area contributed by atoms with Crippen LogP contribution in [-0.2, 0) is 69.2 Å². The topological polar surface area (TPSA) is 6.48 Å². The number of nitrogens with zero attached hydrogens (tertiary/aromatic N) is 2. The number of thiol groups is 2. The van der Waals surface area contributed by atoms with Crippen molar-refractivity contribution in [3.63, 3.8) is 0 Å². The van der Waals surface area contributed by atoms with E-state index in [9.17, 15) is 0 Å². The molecule has 0 aromatic rings. The summed E-state index contributed by atoms with van der Waals surface area (Å²) in [4.78, 5) is 4.19. The Balaban J connectivity index is -0.000000295. The quantitative estimate of drug-likeness (QED) is 0.226. The molecule has 7 heteroatoms. The maximum Gasteiger partial charge on any atom is 2.00 e. The molecule has 0 spiro atoms. The van der Waals surface area contributed by atoms with Gasteiger partial charge in [-0.25, -0.2) is 9.80 Å². The van der Waals surface area contributed by atoms with Crippen molar-refractivity contribution in [1.82, 2.24) is 9.80 Å². The first kappa shape index (κ1) is 27.3. The van der Waals surface area contributed by atoms with Gasteiger partial charge in [-0.1, -0.05) is 0 Å². The average Bonchev–Trinajstić information content (AvgIpc) is 2.12. The molecule has 21 heavy (non-hydrogen) atoms. The minimum absolute atomic E-state index is 0. The molecule has 0 rings (SSSR count). The van der Waals surface area contributed by atoms with Gasteiger partial charge in [-0.05, 0) is 55.4 Å². The fourth-order valence-corrected chi connectivity index (χ4v) is 3.84. The van der Waals surface area contributed by atoms with Gasteiger partial charge < -0.3 is 25.3 Å². The SMILES string of the molecule is CC(C)N(C([S-])=[SH+])C(C)C.CC(C)N(C([S-])=[SH+])C(C)C.[Zn+2]. The largest absolute Gasteiger partial charge is 2.00 e. The van der Waals surface area contributed by atoms with E-state index in [1.807, 2.05) is 0 Å². The summed E-state index contributed by atoms with van der Waals surface area (Å²) >= 11 is 18.2. The molecule has 0 N–H and O–H groups in total. The molecule has 0 radical (unpaired) electrons. The maximum absolute atomic E-state index is 4.96. The molecule has 0 saturated carbocycles. The molecule has 0 heterocycles. The van der Waals surface area contributed by atoms with E-state index in [-0.39, 0.29) is 19.5 Å². The Morgan fingerprint density at radius 1 is 0.619 bits per heavy atom. The molecule has 0 amide bonds. The first-order valence-corrected chi connectivity index (χ1v) is 8.67. The van der Waals surface area contributed by atoms with E-state index in [0.717, 1.165) is 0 Å². The fraction of sp³-hybridized carbons (Fsp3) is 0.857. The third kappa shape index (κ3) is 12.5. The van der Waals surface area contributed by atoms with Crippen LogP contribution in [0.15, 0.2) is 0 Å². The summed E-state index contributed by atoms with van der Waals surface area (Å²) in [5.74, 6) is 0. The van der Waals surface area contributed by atoms with Crippen LogP contribution >= 0.6 is 0 Å². The predicted molar refractivity (Wildman–Crippen MR) is 106 cm³/mol. The number of hydrogen-bond acceptors (Lipinski definition) is 2. The van der Waals surface area contributed by atoms with E-state index in [1.54, 1.807) is 0 Å². The fourth-order valence-electron chi connectivity index (χ4n) is 2.08. The van der Waals surface area contributed by atoms with Gasteiger partial charge in [-0.2, -0.15) is 0 Å². The minimum Gasteiger partial charge on any atom is -0.680 e. The normalized spacial score (nSPS) is 11.0. The van der Waals surface area contributed by atoms with E-state index in [4.69, 9.17) is 25.3 Å². The van der Waals surface area contributed by atoms with Crippen LogP contribution in [-0.4, -0.2) is 42.6 Å². The molecule has 0 aliphatic carbocycles. The summed E-state index contributed by atoms with van der Waals surface area (Å²) < 4.78 is 1.37. The van der Waals surface area contributed by atoms with Crippen LogP contribution in [0.4, 0.5) is 0 Å². The van der Waals surface area contributed by atoms with E-state index in [1.165, 1.54) is 0 Å². The summed E-state index contributed by atoms with van der Waals surface area (Å²) in [6.07, 6.45) is 0. The van der Waals surface area contributed by atoms with Gasteiger partial charge in [0.2, 0.25) is 0 Å². The van der Waals surface area contributed by atoms with E-state index >= 15 is 0 Å². The standard InChI is InChI=1S/2C7H15NS2.Zn/c2*1-5(2)8(6(3)4)7(9)10;/h2*5-6H,1-4H3,(H,9,10);/q;;+2. The van der Waals surface area contributed by atoms with Crippen LogP contribution in [0.5, 0.6) is 0 Å². The van der Waals surface area contributed by atoms with Crippen molar-refractivity contribution in [3.8, 4) is 0 Å². The monoisotopic (exact) mass is 418 g/mol. The van der Waals surface area contributed by atoms with Gasteiger partial charge in [0.1, 0.15) is 33.1 Å². The second-order valence-electron chi connectivity index (χ2n) is 5.75. The van der Waals surface area contributed by atoms with Crippen molar-refractivity contribution in [1.29, 1.82) is 0 Å². The van der Waals surface area contributed by atoms with Crippen LogP contribution < -0.4 is 0 Å². The molecule has 0 aliphatic rings. The van der Waals surface area contributed by atoms with Crippen molar-refractivity contribution >= 4 is 58.3 Å². The minimum atomic E-state index is 0. The summed E-state index contributed by atoms with van der Waals surface area (Å²) in [6.45, 7) is 16.9. The van der Waals surface area contributed by atoms with Crippen LogP contribution in [0.1, 0.15) is 55.4 Å². The molecular formula is C14H30N2S4Zn+2. The van der Waals surface area contributed by atoms with Crippen molar-refractivity contribution in [2.24, 2.45) is 0 Å². The summed E-state index contributed by atoms with van der Waals surface area (Å²) in [7, 11) is 0. The van der Waals surface area contributed by atoms with Gasteiger partial charge in [0.25, 0.3) is 0 Å². The summed E-state index contributed by atoms with van der Waals surface area (Å²) in [5.41, 5.74) is 0. The Bertz CT molecular complexity index is 261. The molecule has 120 valence electrons. The van der Waals surface area contributed by atoms with E-state index in [0.29, 0.717) is 32.8 Å². The molecule has 0 bridgehead atoms. The Hall–Kier alpha value is 1.42. The molecular weight excluding hydrogens is 390 g/mol. The summed E-state index contributed by atoms with van der Waals surface area (Å²) in [6, 6.07) is 1.80. The molecule has 0 aliphatic heterocycles. The molecule has 0 aromatic carbocycles. The van der Waals surface area contributed by atoms with Crippen molar-refractivity contribution in [3.05, 3.63) is 0 Å². The Morgan fingerprint density at radius 2 is 0.762 bits per heavy atom. The van der Waals surface area contributed by atoms with Crippen molar-refractivity contribution in [2.45, 2.75) is 79.6 Å². The molecule has 0 unspecified atom stereocenters. The Kier molecular flexibility index (Phi) is 18.0. The predicted octanol–water partition coefficient (Wildman–Crippen LogP) is 2.03. The Morgan fingerprint density at radius 3 is 0.762 bits per heavy atom. The zero-order chi connectivity index (χ0) is 16.6. The van der Waals surface area contributed by atoms with Gasteiger partial charge in [-0.3, -0.25) is 0 Å². The molecule has 0 fully saturated rings. The molecule has 0 aromatic heterocycles. The van der Waals surface area contributed by atoms with Crippen LogP contribution in [0.25, 0.3) is 0 Å². The smallest absolute Gasteiger partial charge is 0.680 e. The molecule has 2 nitrogen and oxygen atoms in total. The van der Waals surface area contributed by atoms with Crippen LogP contribution in [0, 0.1) is 0 Å². The third-order valence-electron chi connectivity index (χ3n) is 2.67. The zero-order valence-corrected chi connectivity index (χ0v) is 21.0. The van der Waals surface area contributed by atoms with Crippen molar-refractivity contribution < 1.29 is 19.5 Å². The van der Waals surface area contributed by atoms with Gasteiger partial charge in [-0.15, -0.1) is 0 Å². The second kappa shape index (κ2) is 13.8. The van der Waals surface area contributed by atoms with E-state index in [2.05, 4.69) is 89.6 Å².